The molecule has 2 rings (SSSR count). The van der Waals surface area contributed by atoms with Gasteiger partial charge in [-0.1, -0.05) is 0 Å². The van der Waals surface area contributed by atoms with Gasteiger partial charge in [-0.15, -0.1) is 5.10 Å². The summed E-state index contributed by atoms with van der Waals surface area (Å²) in [6.45, 7) is 5.96. The molecule has 6 heteroatoms. The maximum absolute atomic E-state index is 11.2. The van der Waals surface area contributed by atoms with Gasteiger partial charge in [0.15, 0.2) is 5.82 Å². The maximum atomic E-state index is 11.2. The van der Waals surface area contributed by atoms with Crippen LogP contribution < -0.4 is 16.4 Å². The number of carbonyl (C=O) groups excluding carboxylic acids is 1. The number of nitrogens with zero attached hydrogens (tertiary/aromatic N) is 3. The quantitative estimate of drug-likeness (QED) is 0.814. The summed E-state index contributed by atoms with van der Waals surface area (Å²) >= 11 is 0. The van der Waals surface area contributed by atoms with Crippen molar-refractivity contribution in [1.82, 2.24) is 10.2 Å². The lowest BCUT2D eigenvalue weighted by molar-refractivity contribution is -0.122. The van der Waals surface area contributed by atoms with Gasteiger partial charge >= 0.3 is 0 Å². The monoisotopic (exact) mass is 263 g/mol. The number of amides is 1. The predicted molar refractivity (Wildman–Crippen MR) is 73.5 cm³/mol. The Morgan fingerprint density at radius 2 is 1.95 bits per heavy atom. The van der Waals surface area contributed by atoms with Gasteiger partial charge in [-0.2, -0.15) is 5.10 Å². The fourth-order valence-corrected chi connectivity index (χ4v) is 2.52. The largest absolute Gasteiger partial charge is 0.369 e. The minimum atomic E-state index is -0.204. The molecule has 0 radical (unpaired) electrons. The molecule has 0 saturated carbocycles. The molecule has 19 heavy (non-hydrogen) atoms. The van der Waals surface area contributed by atoms with Crippen LogP contribution in [0.1, 0.15) is 29.7 Å². The lowest BCUT2D eigenvalue weighted by Gasteiger charge is -2.32. The molecule has 0 aliphatic carbocycles. The van der Waals surface area contributed by atoms with Crippen molar-refractivity contribution in [2.45, 2.75) is 33.2 Å². The normalized spacial score (nSPS) is 16.7. The Bertz CT molecular complexity index is 480. The molecule has 0 atom stereocenters. The molecule has 0 spiro atoms. The van der Waals surface area contributed by atoms with E-state index >= 15 is 0 Å². The molecule has 1 aromatic heterocycles. The standard InChI is InChI=1S/C13H21N5O/c1-8-9(2)16-17-13(11(8)7-14)18-5-3-10(4-6-18)12(15)19/h10H,3-7,14H2,1-2H3,(H2,15,19). The van der Waals surface area contributed by atoms with E-state index in [2.05, 4.69) is 15.1 Å². The first kappa shape index (κ1) is 13.7. The summed E-state index contributed by atoms with van der Waals surface area (Å²) < 4.78 is 0. The van der Waals surface area contributed by atoms with E-state index in [1.54, 1.807) is 0 Å². The predicted octanol–water partition coefficient (Wildman–Crippen LogP) is 0.254. The molecule has 0 bridgehead atoms. The first-order valence-corrected chi connectivity index (χ1v) is 6.61. The molecule has 6 nitrogen and oxygen atoms in total. The third kappa shape index (κ3) is 2.68. The number of hydrogen-bond acceptors (Lipinski definition) is 5. The third-order valence-corrected chi connectivity index (χ3v) is 3.96. The van der Waals surface area contributed by atoms with Crippen molar-refractivity contribution < 1.29 is 4.79 Å². The highest BCUT2D eigenvalue weighted by atomic mass is 16.1. The van der Waals surface area contributed by atoms with Gasteiger partial charge in [0.05, 0.1) is 5.69 Å². The average molecular weight is 263 g/mol. The van der Waals surface area contributed by atoms with E-state index in [4.69, 9.17) is 11.5 Å². The molecule has 1 aliphatic rings. The number of aryl methyl sites for hydroxylation is 1. The zero-order chi connectivity index (χ0) is 14.0. The highest BCUT2D eigenvalue weighted by Crippen LogP contribution is 2.26. The molecule has 1 aliphatic heterocycles. The molecule has 1 fully saturated rings. The van der Waals surface area contributed by atoms with Gasteiger partial charge in [0, 0.05) is 31.1 Å². The number of anilines is 1. The van der Waals surface area contributed by atoms with Gasteiger partial charge in [0.2, 0.25) is 5.91 Å². The second-order valence-corrected chi connectivity index (χ2v) is 5.08. The van der Waals surface area contributed by atoms with E-state index in [1.165, 1.54) is 0 Å². The van der Waals surface area contributed by atoms with Crippen molar-refractivity contribution in [3.05, 3.63) is 16.8 Å². The van der Waals surface area contributed by atoms with Crippen molar-refractivity contribution in [3.8, 4) is 0 Å². The third-order valence-electron chi connectivity index (χ3n) is 3.96. The van der Waals surface area contributed by atoms with Gasteiger partial charge in [-0.05, 0) is 32.3 Å². The van der Waals surface area contributed by atoms with Gasteiger partial charge in [0.1, 0.15) is 0 Å². The molecule has 2 heterocycles. The number of piperidine rings is 1. The summed E-state index contributed by atoms with van der Waals surface area (Å²) in [5.74, 6) is 0.635. The topological polar surface area (TPSA) is 98.1 Å². The Hall–Kier alpha value is -1.69. The second kappa shape index (κ2) is 5.52. The number of primary amides is 1. The number of nitrogens with two attached hydrogens (primary N) is 2. The number of rotatable bonds is 3. The Balaban J connectivity index is 2.20. The Morgan fingerprint density at radius 1 is 1.32 bits per heavy atom. The summed E-state index contributed by atoms with van der Waals surface area (Å²) in [5, 5.41) is 8.46. The zero-order valence-corrected chi connectivity index (χ0v) is 11.5. The van der Waals surface area contributed by atoms with Crippen LogP contribution in [0, 0.1) is 19.8 Å². The van der Waals surface area contributed by atoms with E-state index in [0.717, 1.165) is 48.6 Å². The molecule has 0 aromatic carbocycles. The van der Waals surface area contributed by atoms with Crippen LogP contribution in [-0.4, -0.2) is 29.2 Å². The van der Waals surface area contributed by atoms with Gasteiger partial charge in [-0.3, -0.25) is 4.79 Å². The summed E-state index contributed by atoms with van der Waals surface area (Å²) in [4.78, 5) is 13.3. The molecule has 104 valence electrons. The number of aromatic nitrogens is 2. The van der Waals surface area contributed by atoms with E-state index in [-0.39, 0.29) is 11.8 Å². The Labute approximate surface area is 113 Å². The van der Waals surface area contributed by atoms with E-state index in [9.17, 15) is 4.79 Å². The van der Waals surface area contributed by atoms with E-state index in [1.807, 2.05) is 13.8 Å². The summed E-state index contributed by atoms with van der Waals surface area (Å²) in [5.41, 5.74) is 14.2. The maximum Gasteiger partial charge on any atom is 0.220 e. The van der Waals surface area contributed by atoms with Crippen molar-refractivity contribution in [3.63, 3.8) is 0 Å². The minimum absolute atomic E-state index is 0.0166. The molecule has 4 N–H and O–H groups in total. The van der Waals surface area contributed by atoms with Crippen LogP contribution in [-0.2, 0) is 11.3 Å². The van der Waals surface area contributed by atoms with Crippen molar-refractivity contribution >= 4 is 11.7 Å². The van der Waals surface area contributed by atoms with Crippen molar-refractivity contribution in [2.75, 3.05) is 18.0 Å². The first-order valence-electron chi connectivity index (χ1n) is 6.61. The number of hydrogen-bond donors (Lipinski definition) is 2. The summed E-state index contributed by atoms with van der Waals surface area (Å²) in [6.07, 6.45) is 1.54. The van der Waals surface area contributed by atoms with Crippen LogP contribution in [0.4, 0.5) is 5.82 Å². The summed E-state index contributed by atoms with van der Waals surface area (Å²) in [7, 11) is 0. The van der Waals surface area contributed by atoms with Gasteiger partial charge in [0.25, 0.3) is 0 Å². The van der Waals surface area contributed by atoms with Gasteiger partial charge < -0.3 is 16.4 Å². The van der Waals surface area contributed by atoms with Crippen molar-refractivity contribution in [1.29, 1.82) is 0 Å². The Morgan fingerprint density at radius 3 is 2.47 bits per heavy atom. The minimum Gasteiger partial charge on any atom is -0.369 e. The molecule has 0 unspecified atom stereocenters. The highest BCUT2D eigenvalue weighted by Gasteiger charge is 2.25. The smallest absolute Gasteiger partial charge is 0.220 e. The number of carbonyl (C=O) groups is 1. The van der Waals surface area contributed by atoms with E-state index < -0.39 is 0 Å². The molecular formula is C13H21N5O. The lowest BCUT2D eigenvalue weighted by atomic mass is 9.96. The van der Waals surface area contributed by atoms with E-state index in [0.29, 0.717) is 6.54 Å². The first-order chi connectivity index (χ1) is 9.04. The van der Waals surface area contributed by atoms with Crippen LogP contribution in [0.15, 0.2) is 0 Å². The SMILES string of the molecule is Cc1nnc(N2CCC(C(N)=O)CC2)c(CN)c1C. The van der Waals surface area contributed by atoms with Crippen LogP contribution in [0.2, 0.25) is 0 Å². The summed E-state index contributed by atoms with van der Waals surface area (Å²) in [6, 6.07) is 0. The van der Waals surface area contributed by atoms with Gasteiger partial charge in [-0.25, -0.2) is 0 Å². The van der Waals surface area contributed by atoms with Crippen LogP contribution in [0.5, 0.6) is 0 Å². The fraction of sp³-hybridized carbons (Fsp3) is 0.615. The average Bonchev–Trinajstić information content (AvgIpc) is 2.41. The second-order valence-electron chi connectivity index (χ2n) is 5.08. The molecule has 1 aromatic rings. The van der Waals surface area contributed by atoms with Crippen LogP contribution >= 0.6 is 0 Å². The molecular weight excluding hydrogens is 242 g/mol. The molecule has 1 amide bonds. The molecule has 1 saturated heterocycles. The lowest BCUT2D eigenvalue weighted by Crippen LogP contribution is -2.39. The van der Waals surface area contributed by atoms with Crippen molar-refractivity contribution in [2.24, 2.45) is 17.4 Å². The van der Waals surface area contributed by atoms with Crippen LogP contribution in [0.25, 0.3) is 0 Å². The Kier molecular flexibility index (Phi) is 3.99. The highest BCUT2D eigenvalue weighted by molar-refractivity contribution is 5.77. The van der Waals surface area contributed by atoms with Crippen LogP contribution in [0.3, 0.4) is 0 Å². The zero-order valence-electron chi connectivity index (χ0n) is 11.5. The fourth-order valence-electron chi connectivity index (χ4n) is 2.52.